The van der Waals surface area contributed by atoms with Crippen molar-refractivity contribution >= 4 is 23.7 Å². The zero-order valence-corrected chi connectivity index (χ0v) is 28.6. The van der Waals surface area contributed by atoms with Crippen LogP contribution in [0.15, 0.2) is 0 Å². The molecule has 1 aliphatic heterocycles. The predicted octanol–water partition coefficient (Wildman–Crippen LogP) is 6.36. The van der Waals surface area contributed by atoms with Crippen molar-refractivity contribution < 1.29 is 38.1 Å². The van der Waals surface area contributed by atoms with Gasteiger partial charge in [-0.1, -0.05) is 27.7 Å². The molecule has 6 aliphatic rings. The van der Waals surface area contributed by atoms with Gasteiger partial charge < -0.3 is 18.9 Å². The van der Waals surface area contributed by atoms with Crippen LogP contribution in [0.25, 0.3) is 0 Å². The minimum atomic E-state index is -0.777. The zero-order valence-electron chi connectivity index (χ0n) is 28.6. The highest BCUT2D eigenvalue weighted by atomic mass is 16.6. The Labute approximate surface area is 263 Å². The van der Waals surface area contributed by atoms with E-state index in [1.807, 2.05) is 13.8 Å². The molecule has 11 atom stereocenters. The highest BCUT2D eigenvalue weighted by molar-refractivity contribution is 5.86. The first-order valence-electron chi connectivity index (χ1n) is 16.9. The molecule has 0 radical (unpaired) electrons. The first kappa shape index (κ1) is 32.0. The van der Waals surface area contributed by atoms with Crippen molar-refractivity contribution in [2.75, 3.05) is 0 Å². The molecule has 1 heterocycles. The molecule has 0 amide bonds. The SMILES string of the molecule is CC(=O)O[C@H]1C[C@@]2(C)[C@@H]3C[C@H](OC(C)=O)[C@H]4C(C)(C)C(=O)CC[C@@]45C[C@@]35CC[C@]2(C)[C@H]1[C@@]1(C)CC[C@@H](C(C)(C)OC(C)=O)O1. The summed E-state index contributed by atoms with van der Waals surface area (Å²) in [5.41, 5.74) is -2.23. The van der Waals surface area contributed by atoms with E-state index >= 15 is 0 Å². The number of hydrogen-bond donors (Lipinski definition) is 0. The van der Waals surface area contributed by atoms with E-state index in [9.17, 15) is 19.2 Å². The van der Waals surface area contributed by atoms with Gasteiger partial charge in [0, 0.05) is 44.4 Å². The molecule has 0 bridgehead atoms. The minimum Gasteiger partial charge on any atom is -0.462 e. The molecular weight excluding hydrogens is 560 g/mol. The molecular formula is C36H54O8. The molecule has 6 fully saturated rings. The van der Waals surface area contributed by atoms with E-state index in [0.29, 0.717) is 6.42 Å². The van der Waals surface area contributed by atoms with Gasteiger partial charge in [-0.3, -0.25) is 19.2 Å². The van der Waals surface area contributed by atoms with Gasteiger partial charge in [-0.15, -0.1) is 0 Å². The van der Waals surface area contributed by atoms with Crippen LogP contribution in [0.4, 0.5) is 0 Å². The number of hydrogen-bond acceptors (Lipinski definition) is 8. The molecule has 8 nitrogen and oxygen atoms in total. The topological polar surface area (TPSA) is 105 Å². The van der Waals surface area contributed by atoms with Crippen LogP contribution in [-0.4, -0.2) is 53.2 Å². The van der Waals surface area contributed by atoms with Crippen LogP contribution in [0.1, 0.15) is 127 Å². The normalized spacial score (nSPS) is 48.7. The van der Waals surface area contributed by atoms with E-state index < -0.39 is 16.6 Å². The van der Waals surface area contributed by atoms with Gasteiger partial charge >= 0.3 is 17.9 Å². The largest absolute Gasteiger partial charge is 0.462 e. The van der Waals surface area contributed by atoms with Crippen molar-refractivity contribution in [1.29, 1.82) is 0 Å². The van der Waals surface area contributed by atoms with Crippen LogP contribution in [0, 0.1) is 44.8 Å². The summed E-state index contributed by atoms with van der Waals surface area (Å²) in [5.74, 6) is -0.381. The number of ketones is 1. The third-order valence-electron chi connectivity index (χ3n) is 14.5. The fourth-order valence-corrected chi connectivity index (χ4v) is 13.0. The van der Waals surface area contributed by atoms with Gasteiger partial charge in [-0.2, -0.15) is 0 Å². The van der Waals surface area contributed by atoms with Crippen molar-refractivity contribution in [3.05, 3.63) is 0 Å². The molecule has 44 heavy (non-hydrogen) atoms. The predicted molar refractivity (Wildman–Crippen MR) is 162 cm³/mol. The quantitative estimate of drug-likeness (QED) is 0.260. The van der Waals surface area contributed by atoms with Gasteiger partial charge in [0.05, 0.1) is 11.7 Å². The van der Waals surface area contributed by atoms with Gasteiger partial charge in [0.25, 0.3) is 0 Å². The Bertz CT molecular complexity index is 1290. The molecule has 6 rings (SSSR count). The van der Waals surface area contributed by atoms with E-state index in [-0.39, 0.29) is 81.4 Å². The average molecular weight is 615 g/mol. The van der Waals surface area contributed by atoms with Crippen LogP contribution in [0.5, 0.6) is 0 Å². The summed E-state index contributed by atoms with van der Waals surface area (Å²) in [4.78, 5) is 50.4. The van der Waals surface area contributed by atoms with E-state index in [0.717, 1.165) is 51.4 Å². The monoisotopic (exact) mass is 614 g/mol. The van der Waals surface area contributed by atoms with E-state index in [2.05, 4.69) is 34.6 Å². The standard InChI is InChI=1S/C36H54O8/c1-20(37)41-23-17-25-33(9)18-24(42-21(2)38)29(34(10)13-12-27(44-34)31(6,7)43-22(3)39)32(33,8)15-16-35(25)19-36(35)14-11-26(40)30(4,5)28(23)36/h23-25,27-29H,11-19H2,1-10H3/t23-,24-,25-,27-,28-,29-,32+,33-,34+,35-,36+/m0/s1. The van der Waals surface area contributed by atoms with E-state index in [1.165, 1.54) is 20.8 Å². The van der Waals surface area contributed by atoms with Crippen LogP contribution < -0.4 is 0 Å². The second kappa shape index (κ2) is 9.54. The van der Waals surface area contributed by atoms with E-state index in [4.69, 9.17) is 18.9 Å². The lowest BCUT2D eigenvalue weighted by Gasteiger charge is -2.64. The summed E-state index contributed by atoms with van der Waals surface area (Å²) in [6.07, 6.45) is 6.66. The summed E-state index contributed by atoms with van der Waals surface area (Å²) < 4.78 is 25.1. The average Bonchev–Trinajstić information content (AvgIpc) is 3.22. The number of rotatable bonds is 5. The third-order valence-corrected chi connectivity index (χ3v) is 14.5. The molecule has 2 spiro atoms. The highest BCUT2D eigenvalue weighted by Crippen LogP contribution is 2.89. The summed E-state index contributed by atoms with van der Waals surface area (Å²) >= 11 is 0. The molecule has 5 saturated carbocycles. The van der Waals surface area contributed by atoms with Crippen molar-refractivity contribution in [2.24, 2.45) is 44.8 Å². The van der Waals surface area contributed by atoms with Gasteiger partial charge in [-0.05, 0) is 99.7 Å². The summed E-state index contributed by atoms with van der Waals surface area (Å²) in [7, 11) is 0. The Hall–Kier alpha value is -1.96. The number of carbonyl (C=O) groups excluding carboxylic acids is 4. The molecule has 246 valence electrons. The smallest absolute Gasteiger partial charge is 0.303 e. The summed E-state index contributed by atoms with van der Waals surface area (Å²) in [6.45, 7) is 19.4. The van der Waals surface area contributed by atoms with Crippen molar-refractivity contribution in [2.45, 2.75) is 157 Å². The summed E-state index contributed by atoms with van der Waals surface area (Å²) in [6, 6.07) is 0. The first-order valence-corrected chi connectivity index (χ1v) is 16.9. The molecule has 0 unspecified atom stereocenters. The van der Waals surface area contributed by atoms with Crippen molar-refractivity contribution in [3.63, 3.8) is 0 Å². The Morgan fingerprint density at radius 1 is 0.795 bits per heavy atom. The number of fused-ring (bicyclic) bond motifs is 2. The maximum absolute atomic E-state index is 13.3. The lowest BCUT2D eigenvalue weighted by molar-refractivity contribution is -0.214. The highest BCUT2D eigenvalue weighted by Gasteiger charge is 2.85. The van der Waals surface area contributed by atoms with Crippen LogP contribution in [0.2, 0.25) is 0 Å². The molecule has 0 aromatic heterocycles. The fourth-order valence-electron chi connectivity index (χ4n) is 13.0. The maximum Gasteiger partial charge on any atom is 0.303 e. The molecule has 0 N–H and O–H groups in total. The van der Waals surface area contributed by atoms with Crippen LogP contribution in [-0.2, 0) is 38.1 Å². The lowest BCUT2D eigenvalue weighted by Crippen LogP contribution is -2.62. The third kappa shape index (κ3) is 4.10. The molecule has 1 saturated heterocycles. The Morgan fingerprint density at radius 3 is 2.05 bits per heavy atom. The van der Waals surface area contributed by atoms with E-state index in [1.54, 1.807) is 0 Å². The second-order valence-corrected chi connectivity index (χ2v) is 17.4. The van der Waals surface area contributed by atoms with Gasteiger partial charge in [0.15, 0.2) is 0 Å². The number of Topliss-reactive ketones (excluding diaryl/α,β-unsaturated/α-hetero) is 1. The Balaban J connectivity index is 1.40. The zero-order chi connectivity index (χ0) is 32.5. The Kier molecular flexibility index (Phi) is 6.94. The molecule has 8 heteroatoms. The van der Waals surface area contributed by atoms with Crippen LogP contribution >= 0.6 is 0 Å². The lowest BCUT2D eigenvalue weighted by atomic mass is 9.41. The van der Waals surface area contributed by atoms with Crippen molar-refractivity contribution in [1.82, 2.24) is 0 Å². The number of ether oxygens (including phenoxy) is 4. The van der Waals surface area contributed by atoms with Gasteiger partial charge in [-0.25, -0.2) is 0 Å². The molecule has 5 aliphatic carbocycles. The second-order valence-electron chi connectivity index (χ2n) is 17.4. The minimum absolute atomic E-state index is 0.0142. The summed E-state index contributed by atoms with van der Waals surface area (Å²) in [5, 5.41) is 0. The molecule has 0 aromatic rings. The van der Waals surface area contributed by atoms with Gasteiger partial charge in [0.1, 0.15) is 23.6 Å². The van der Waals surface area contributed by atoms with Crippen molar-refractivity contribution in [3.8, 4) is 0 Å². The van der Waals surface area contributed by atoms with Gasteiger partial charge in [0.2, 0.25) is 0 Å². The Morgan fingerprint density at radius 2 is 1.43 bits per heavy atom. The fraction of sp³-hybridized carbons (Fsp3) is 0.889. The maximum atomic E-state index is 13.3. The van der Waals surface area contributed by atoms with Crippen LogP contribution in [0.3, 0.4) is 0 Å². The first-order chi connectivity index (χ1) is 20.2. The molecule has 0 aromatic carbocycles. The number of esters is 3. The number of carbonyl (C=O) groups is 4.